The molecule has 0 heterocycles. The predicted octanol–water partition coefficient (Wildman–Crippen LogP) is 4.63. The number of rotatable bonds is 2. The minimum atomic E-state index is -4.62. The summed E-state index contributed by atoms with van der Waals surface area (Å²) in [5.74, 6) is 0. The first kappa shape index (κ1) is 16.0. The Hall–Kier alpha value is -1.36. The quantitative estimate of drug-likeness (QED) is 0.793. The Morgan fingerprint density at radius 3 is 2.10 bits per heavy atom. The van der Waals surface area contributed by atoms with Crippen LogP contribution in [-0.4, -0.2) is 22.6 Å². The molecular formula is C16H20F3NO. The number of alkyl halides is 3. The van der Waals surface area contributed by atoms with E-state index in [0.29, 0.717) is 29.7 Å². The van der Waals surface area contributed by atoms with Crippen molar-refractivity contribution in [2.45, 2.75) is 57.7 Å². The predicted molar refractivity (Wildman–Crippen MR) is 77.1 cm³/mol. The summed E-state index contributed by atoms with van der Waals surface area (Å²) in [6, 6.07) is 5.24. The van der Waals surface area contributed by atoms with Crippen molar-refractivity contribution >= 4 is 11.4 Å². The largest absolute Gasteiger partial charge is 0.432 e. The SMILES string of the molecule is Cc1cccc(C)c1N=C(C(F)(F)F)C1(O)CCCCC1. The number of aryl methyl sites for hydroxylation is 2. The Morgan fingerprint density at radius 2 is 1.62 bits per heavy atom. The Balaban J connectivity index is 2.53. The van der Waals surface area contributed by atoms with E-state index in [0.717, 1.165) is 6.42 Å². The minimum absolute atomic E-state index is 0.121. The van der Waals surface area contributed by atoms with Crippen LogP contribution in [0.2, 0.25) is 0 Å². The molecule has 1 aliphatic carbocycles. The fourth-order valence-electron chi connectivity index (χ4n) is 2.90. The van der Waals surface area contributed by atoms with E-state index in [1.54, 1.807) is 32.0 Å². The standard InChI is InChI=1S/C16H20F3NO/c1-11-7-6-8-12(2)13(11)20-14(16(17,18)19)15(21)9-4-3-5-10-15/h6-8,21H,3-5,9-10H2,1-2H3. The van der Waals surface area contributed by atoms with E-state index in [4.69, 9.17) is 0 Å². The van der Waals surface area contributed by atoms with Crippen molar-refractivity contribution in [2.24, 2.45) is 4.99 Å². The van der Waals surface area contributed by atoms with Gasteiger partial charge in [0.25, 0.3) is 0 Å². The lowest BCUT2D eigenvalue weighted by molar-refractivity contribution is -0.0786. The van der Waals surface area contributed by atoms with Crippen molar-refractivity contribution < 1.29 is 18.3 Å². The van der Waals surface area contributed by atoms with Crippen molar-refractivity contribution in [3.63, 3.8) is 0 Å². The first-order valence-corrected chi connectivity index (χ1v) is 7.19. The summed E-state index contributed by atoms with van der Waals surface area (Å²) in [6.07, 6.45) is -2.33. The van der Waals surface area contributed by atoms with E-state index in [-0.39, 0.29) is 12.8 Å². The highest BCUT2D eigenvalue weighted by Gasteiger charge is 2.49. The summed E-state index contributed by atoms with van der Waals surface area (Å²) < 4.78 is 40.2. The van der Waals surface area contributed by atoms with Gasteiger partial charge in [-0.15, -0.1) is 0 Å². The zero-order valence-electron chi connectivity index (χ0n) is 12.3. The van der Waals surface area contributed by atoms with Crippen LogP contribution in [0.3, 0.4) is 0 Å². The highest BCUT2D eigenvalue weighted by atomic mass is 19.4. The fourth-order valence-corrected chi connectivity index (χ4v) is 2.90. The molecule has 0 atom stereocenters. The van der Waals surface area contributed by atoms with Crippen LogP contribution in [0.15, 0.2) is 23.2 Å². The van der Waals surface area contributed by atoms with E-state index in [9.17, 15) is 18.3 Å². The molecule has 0 saturated heterocycles. The average Bonchev–Trinajstić information content (AvgIpc) is 2.37. The minimum Gasteiger partial charge on any atom is -0.384 e. The maximum absolute atomic E-state index is 13.4. The molecule has 0 aromatic heterocycles. The molecule has 1 saturated carbocycles. The van der Waals surface area contributed by atoms with Gasteiger partial charge in [0, 0.05) is 0 Å². The van der Waals surface area contributed by atoms with Gasteiger partial charge < -0.3 is 5.11 Å². The molecule has 116 valence electrons. The third kappa shape index (κ3) is 3.46. The molecule has 0 amide bonds. The molecule has 1 N–H and O–H groups in total. The summed E-state index contributed by atoms with van der Waals surface area (Å²) >= 11 is 0. The van der Waals surface area contributed by atoms with Gasteiger partial charge in [0.2, 0.25) is 0 Å². The van der Waals surface area contributed by atoms with Gasteiger partial charge in [0.1, 0.15) is 5.60 Å². The van der Waals surface area contributed by atoms with Crippen LogP contribution in [0.1, 0.15) is 43.2 Å². The lowest BCUT2D eigenvalue weighted by atomic mass is 9.81. The smallest absolute Gasteiger partial charge is 0.384 e. The molecule has 1 aromatic rings. The van der Waals surface area contributed by atoms with E-state index in [1.165, 1.54) is 0 Å². The number of para-hydroxylation sites is 1. The van der Waals surface area contributed by atoms with Gasteiger partial charge in [0.05, 0.1) is 5.69 Å². The molecule has 0 aliphatic heterocycles. The molecule has 2 rings (SSSR count). The van der Waals surface area contributed by atoms with Crippen LogP contribution in [0.5, 0.6) is 0 Å². The number of nitrogens with zero attached hydrogens (tertiary/aromatic N) is 1. The lowest BCUT2D eigenvalue weighted by Gasteiger charge is -2.34. The van der Waals surface area contributed by atoms with E-state index in [2.05, 4.69) is 4.99 Å². The molecule has 0 spiro atoms. The van der Waals surface area contributed by atoms with Gasteiger partial charge in [-0.1, -0.05) is 37.5 Å². The number of benzene rings is 1. The average molecular weight is 299 g/mol. The second-order valence-electron chi connectivity index (χ2n) is 5.79. The highest BCUT2D eigenvalue weighted by molar-refractivity contribution is 5.99. The van der Waals surface area contributed by atoms with Crippen LogP contribution in [0.4, 0.5) is 18.9 Å². The fraction of sp³-hybridized carbons (Fsp3) is 0.562. The molecule has 1 aliphatic rings. The number of aliphatic hydroxyl groups is 1. The van der Waals surface area contributed by atoms with Crippen molar-refractivity contribution in [3.8, 4) is 0 Å². The van der Waals surface area contributed by atoms with E-state index < -0.39 is 17.5 Å². The Labute approximate surface area is 122 Å². The van der Waals surface area contributed by atoms with Gasteiger partial charge in [-0.05, 0) is 37.8 Å². The van der Waals surface area contributed by atoms with Gasteiger partial charge >= 0.3 is 6.18 Å². The summed E-state index contributed by atoms with van der Waals surface area (Å²) in [5.41, 5.74) is -1.24. The second kappa shape index (κ2) is 5.79. The molecule has 1 aromatic carbocycles. The lowest BCUT2D eigenvalue weighted by Crippen LogP contribution is -2.48. The molecule has 0 unspecified atom stereocenters. The summed E-state index contributed by atoms with van der Waals surface area (Å²) in [5, 5.41) is 10.5. The third-order valence-electron chi connectivity index (χ3n) is 4.05. The van der Waals surface area contributed by atoms with Crippen LogP contribution in [-0.2, 0) is 0 Å². The summed E-state index contributed by atoms with van der Waals surface area (Å²) in [6.45, 7) is 3.45. The monoisotopic (exact) mass is 299 g/mol. The molecule has 1 fully saturated rings. The molecule has 2 nitrogen and oxygen atoms in total. The first-order chi connectivity index (χ1) is 9.74. The van der Waals surface area contributed by atoms with Gasteiger partial charge in [-0.25, -0.2) is 4.99 Å². The third-order valence-corrected chi connectivity index (χ3v) is 4.05. The maximum Gasteiger partial charge on any atom is 0.432 e. The normalized spacial score (nSPS) is 19.6. The maximum atomic E-state index is 13.4. The van der Waals surface area contributed by atoms with Gasteiger partial charge in [-0.2, -0.15) is 13.2 Å². The Kier molecular flexibility index (Phi) is 4.42. The van der Waals surface area contributed by atoms with E-state index >= 15 is 0 Å². The summed E-state index contributed by atoms with van der Waals surface area (Å²) in [7, 11) is 0. The first-order valence-electron chi connectivity index (χ1n) is 7.19. The summed E-state index contributed by atoms with van der Waals surface area (Å²) in [4.78, 5) is 3.87. The van der Waals surface area contributed by atoms with Crippen LogP contribution in [0.25, 0.3) is 0 Å². The van der Waals surface area contributed by atoms with Gasteiger partial charge in [-0.3, -0.25) is 0 Å². The molecular weight excluding hydrogens is 279 g/mol. The molecule has 5 heteroatoms. The zero-order chi connectivity index (χ0) is 15.7. The second-order valence-corrected chi connectivity index (χ2v) is 5.79. The van der Waals surface area contributed by atoms with Crippen LogP contribution in [0, 0.1) is 13.8 Å². The van der Waals surface area contributed by atoms with Crippen LogP contribution >= 0.6 is 0 Å². The number of aliphatic imine (C=N–C) groups is 1. The number of halogens is 3. The molecule has 0 radical (unpaired) electrons. The molecule has 21 heavy (non-hydrogen) atoms. The van der Waals surface area contributed by atoms with Crippen LogP contribution < -0.4 is 0 Å². The highest BCUT2D eigenvalue weighted by Crippen LogP contribution is 2.38. The number of hydrogen-bond donors (Lipinski definition) is 1. The zero-order valence-corrected chi connectivity index (χ0v) is 12.3. The molecule has 0 bridgehead atoms. The topological polar surface area (TPSA) is 32.6 Å². The van der Waals surface area contributed by atoms with Crippen molar-refractivity contribution in [3.05, 3.63) is 29.3 Å². The van der Waals surface area contributed by atoms with Crippen molar-refractivity contribution in [1.29, 1.82) is 0 Å². The van der Waals surface area contributed by atoms with Crippen molar-refractivity contribution in [2.75, 3.05) is 0 Å². The van der Waals surface area contributed by atoms with E-state index in [1.807, 2.05) is 0 Å². The Morgan fingerprint density at radius 1 is 1.10 bits per heavy atom. The number of hydrogen-bond acceptors (Lipinski definition) is 2. The van der Waals surface area contributed by atoms with Gasteiger partial charge in [0.15, 0.2) is 5.71 Å². The van der Waals surface area contributed by atoms with Crippen molar-refractivity contribution in [1.82, 2.24) is 0 Å². The Bertz CT molecular complexity index is 523.